The quantitative estimate of drug-likeness (QED) is 0.438. The van der Waals surface area contributed by atoms with Gasteiger partial charge >= 0.3 is 6.09 Å². The van der Waals surface area contributed by atoms with Gasteiger partial charge in [-0.2, -0.15) is 5.26 Å². The van der Waals surface area contributed by atoms with Gasteiger partial charge in [0.2, 0.25) is 5.91 Å². The van der Waals surface area contributed by atoms with Gasteiger partial charge in [0.1, 0.15) is 18.2 Å². The second-order valence-electron chi connectivity index (χ2n) is 11.0. The van der Waals surface area contributed by atoms with Crippen LogP contribution >= 0.6 is 0 Å². The normalized spacial score (nSPS) is 24.4. The van der Waals surface area contributed by atoms with Gasteiger partial charge in [0.05, 0.1) is 12.7 Å². The van der Waals surface area contributed by atoms with Gasteiger partial charge in [0.15, 0.2) is 5.90 Å². The van der Waals surface area contributed by atoms with Crippen molar-refractivity contribution in [3.05, 3.63) is 0 Å². The minimum atomic E-state index is -0.855. The Hall–Kier alpha value is -2.34. The molecule has 1 saturated heterocycles. The van der Waals surface area contributed by atoms with Crippen LogP contribution in [0.1, 0.15) is 83.5 Å². The Morgan fingerprint density at radius 3 is 2.56 bits per heavy atom. The highest BCUT2D eigenvalue weighted by molar-refractivity contribution is 5.88. The first-order valence-electron chi connectivity index (χ1n) is 13.9. The third-order valence-electron chi connectivity index (χ3n) is 7.83. The van der Waals surface area contributed by atoms with Crippen molar-refractivity contribution in [2.75, 3.05) is 40.4 Å². The van der Waals surface area contributed by atoms with Crippen LogP contribution in [-0.2, 0) is 14.3 Å². The summed E-state index contributed by atoms with van der Waals surface area (Å²) in [6, 6.07) is 1.50. The zero-order valence-corrected chi connectivity index (χ0v) is 22.2. The number of carbonyl (C=O) groups excluding carboxylic acids is 2. The summed E-state index contributed by atoms with van der Waals surface area (Å²) in [5, 5.41) is 15.5. The van der Waals surface area contributed by atoms with Gasteiger partial charge < -0.3 is 25.0 Å². The number of alkyl carbamates (subject to hydrolysis) is 1. The molecule has 0 radical (unpaired) electrons. The summed E-state index contributed by atoms with van der Waals surface area (Å²) in [7, 11) is 3.80. The van der Waals surface area contributed by atoms with E-state index in [0.29, 0.717) is 44.7 Å². The van der Waals surface area contributed by atoms with Gasteiger partial charge in [-0.1, -0.05) is 38.5 Å². The lowest BCUT2D eigenvalue weighted by Gasteiger charge is -2.33. The molecule has 3 fully saturated rings. The van der Waals surface area contributed by atoms with Crippen LogP contribution in [0.4, 0.5) is 4.79 Å². The highest BCUT2D eigenvalue weighted by atomic mass is 16.5. The van der Waals surface area contributed by atoms with E-state index in [4.69, 9.17) is 14.5 Å². The molecular formula is C27H45N5O4. The zero-order chi connectivity index (χ0) is 25.8. The molecule has 36 heavy (non-hydrogen) atoms. The molecule has 0 bridgehead atoms. The number of likely N-dealkylation sites (N-methyl/N-ethyl adjacent to an activating group) is 1. The molecule has 1 aliphatic heterocycles. The molecule has 3 rings (SSSR count). The first-order valence-corrected chi connectivity index (χ1v) is 13.9. The van der Waals surface area contributed by atoms with Gasteiger partial charge in [-0.05, 0) is 58.5 Å². The van der Waals surface area contributed by atoms with Crippen molar-refractivity contribution in [3.8, 4) is 6.07 Å². The van der Waals surface area contributed by atoms with Gasteiger partial charge in [-0.15, -0.1) is 0 Å². The Morgan fingerprint density at radius 2 is 1.89 bits per heavy atom. The number of hydrogen-bond donors (Lipinski definition) is 2. The average molecular weight is 504 g/mol. The van der Waals surface area contributed by atoms with E-state index < -0.39 is 17.7 Å². The van der Waals surface area contributed by atoms with Crippen molar-refractivity contribution in [1.82, 2.24) is 15.5 Å². The number of nitrogens with one attached hydrogen (secondary N) is 2. The first-order chi connectivity index (χ1) is 17.4. The van der Waals surface area contributed by atoms with E-state index >= 15 is 0 Å². The summed E-state index contributed by atoms with van der Waals surface area (Å²) in [6.45, 7) is 2.02. The number of nitriles is 1. The zero-order valence-electron chi connectivity index (χ0n) is 22.2. The number of aliphatic imine (C=N–C) groups is 1. The van der Waals surface area contributed by atoms with Crippen LogP contribution in [0.15, 0.2) is 4.99 Å². The van der Waals surface area contributed by atoms with Crippen molar-refractivity contribution in [1.29, 1.82) is 5.26 Å². The highest BCUT2D eigenvalue weighted by Gasteiger charge is 2.40. The summed E-state index contributed by atoms with van der Waals surface area (Å²) < 4.78 is 11.2. The molecular weight excluding hydrogens is 458 g/mol. The molecule has 2 unspecified atom stereocenters. The van der Waals surface area contributed by atoms with Gasteiger partial charge in [0, 0.05) is 25.4 Å². The standard InChI is InChI=1S/C27H45N5O4/c1-32(2)16-18-36-26(34)30-24(25(33)31-27(20-28)13-7-8-14-27)22-12-17-35-23(19-22)29-15-11-21-9-5-3-4-6-10-21/h21-22,24H,3-19H2,1-2H3,(H,30,34)(H,31,33). The summed E-state index contributed by atoms with van der Waals surface area (Å²) in [5.74, 6) is 0.903. The molecule has 0 spiro atoms. The van der Waals surface area contributed by atoms with E-state index in [1.807, 2.05) is 19.0 Å². The molecule has 2 saturated carbocycles. The molecule has 0 aromatic carbocycles. The van der Waals surface area contributed by atoms with Gasteiger partial charge in [-0.3, -0.25) is 9.79 Å². The van der Waals surface area contributed by atoms with Crippen LogP contribution in [-0.4, -0.2) is 74.8 Å². The molecule has 3 aliphatic rings. The smallest absolute Gasteiger partial charge is 0.407 e. The van der Waals surface area contributed by atoms with Crippen molar-refractivity contribution in [3.63, 3.8) is 0 Å². The van der Waals surface area contributed by atoms with E-state index in [0.717, 1.165) is 31.7 Å². The van der Waals surface area contributed by atoms with E-state index in [1.165, 1.54) is 38.5 Å². The molecule has 0 aromatic rings. The van der Waals surface area contributed by atoms with E-state index in [-0.39, 0.29) is 18.4 Å². The number of amides is 2. The maximum Gasteiger partial charge on any atom is 0.407 e. The van der Waals surface area contributed by atoms with Gasteiger partial charge in [0.25, 0.3) is 0 Å². The predicted molar refractivity (Wildman–Crippen MR) is 139 cm³/mol. The first kappa shape index (κ1) is 28.2. The fourth-order valence-electron chi connectivity index (χ4n) is 5.58. The lowest BCUT2D eigenvalue weighted by molar-refractivity contribution is -0.126. The average Bonchev–Trinajstić information content (AvgIpc) is 3.17. The third kappa shape index (κ3) is 8.95. The number of carbonyl (C=O) groups is 2. The van der Waals surface area contributed by atoms with E-state index in [1.54, 1.807) is 0 Å². The third-order valence-corrected chi connectivity index (χ3v) is 7.83. The Balaban J connectivity index is 1.62. The molecule has 2 aliphatic carbocycles. The van der Waals surface area contributed by atoms with Crippen LogP contribution in [0.3, 0.4) is 0 Å². The van der Waals surface area contributed by atoms with E-state index in [9.17, 15) is 14.9 Å². The van der Waals surface area contributed by atoms with Crippen LogP contribution < -0.4 is 10.6 Å². The van der Waals surface area contributed by atoms with Crippen LogP contribution in [0.5, 0.6) is 0 Å². The van der Waals surface area contributed by atoms with Crippen molar-refractivity contribution in [2.45, 2.75) is 95.1 Å². The SMILES string of the molecule is CN(C)CCOC(=O)NC(C(=O)NC1(C#N)CCCC1)C1CCOC(=NCCC2CCCCCC2)C1. The Labute approximate surface area is 216 Å². The minimum absolute atomic E-state index is 0.172. The second kappa shape index (κ2) is 14.4. The summed E-state index contributed by atoms with van der Waals surface area (Å²) >= 11 is 0. The second-order valence-corrected chi connectivity index (χ2v) is 11.0. The van der Waals surface area contributed by atoms with E-state index in [2.05, 4.69) is 16.7 Å². The molecule has 2 N–H and O–H groups in total. The molecule has 9 heteroatoms. The summed E-state index contributed by atoms with van der Waals surface area (Å²) in [5.41, 5.74) is -0.855. The van der Waals surface area contributed by atoms with Crippen molar-refractivity contribution < 1.29 is 19.1 Å². The highest BCUT2D eigenvalue weighted by Crippen LogP contribution is 2.30. The molecule has 0 aromatic heterocycles. The predicted octanol–water partition coefficient (Wildman–Crippen LogP) is 3.78. The lowest BCUT2D eigenvalue weighted by Crippen LogP contribution is -2.57. The Kier molecular flexibility index (Phi) is 11.3. The minimum Gasteiger partial charge on any atom is -0.481 e. The largest absolute Gasteiger partial charge is 0.481 e. The molecule has 202 valence electrons. The maximum absolute atomic E-state index is 13.4. The van der Waals surface area contributed by atoms with Crippen LogP contribution in [0.2, 0.25) is 0 Å². The lowest BCUT2D eigenvalue weighted by atomic mass is 9.89. The van der Waals surface area contributed by atoms with Gasteiger partial charge in [-0.25, -0.2) is 4.79 Å². The number of nitrogens with zero attached hydrogens (tertiary/aromatic N) is 3. The van der Waals surface area contributed by atoms with Crippen molar-refractivity contribution >= 4 is 17.9 Å². The molecule has 9 nitrogen and oxygen atoms in total. The Morgan fingerprint density at radius 1 is 1.17 bits per heavy atom. The maximum atomic E-state index is 13.4. The fraction of sp³-hybridized carbons (Fsp3) is 0.852. The van der Waals surface area contributed by atoms with Crippen LogP contribution in [0, 0.1) is 23.2 Å². The molecule has 1 heterocycles. The summed E-state index contributed by atoms with van der Waals surface area (Å²) in [6.07, 6.45) is 12.6. The Bertz CT molecular complexity index is 780. The van der Waals surface area contributed by atoms with Crippen LogP contribution in [0.25, 0.3) is 0 Å². The molecule has 2 atom stereocenters. The number of hydrogen-bond acceptors (Lipinski definition) is 7. The molecule has 2 amide bonds. The van der Waals surface area contributed by atoms with Crippen molar-refractivity contribution in [2.24, 2.45) is 16.8 Å². The fourth-order valence-corrected chi connectivity index (χ4v) is 5.58. The monoisotopic (exact) mass is 503 g/mol. The summed E-state index contributed by atoms with van der Waals surface area (Å²) in [4.78, 5) is 32.6. The number of ether oxygens (including phenoxy) is 2. The number of rotatable bonds is 10. The topological polar surface area (TPSA) is 116 Å².